The van der Waals surface area contributed by atoms with Crippen LogP contribution in [0.3, 0.4) is 0 Å². The van der Waals surface area contributed by atoms with Gasteiger partial charge in [0.1, 0.15) is 0 Å². The fraction of sp³-hybridized carbons (Fsp3) is 0.833. The molecular formula is C6H11N2. The SMILES string of the molecule is [CH]1NCC(C2CC2)N1. The molecule has 0 amide bonds. The number of hydrogen-bond acceptors (Lipinski definition) is 2. The van der Waals surface area contributed by atoms with Gasteiger partial charge in [-0.3, -0.25) is 10.6 Å². The summed E-state index contributed by atoms with van der Waals surface area (Å²) in [6.07, 6.45) is 2.88. The quantitative estimate of drug-likeness (QED) is 0.500. The van der Waals surface area contributed by atoms with Crippen LogP contribution in [0, 0.1) is 12.6 Å². The molecule has 1 aliphatic carbocycles. The highest BCUT2D eigenvalue weighted by atomic mass is 15.2. The second kappa shape index (κ2) is 1.71. The summed E-state index contributed by atoms with van der Waals surface area (Å²) in [5.41, 5.74) is 0. The van der Waals surface area contributed by atoms with E-state index in [1.54, 1.807) is 0 Å². The average Bonchev–Trinajstić information content (AvgIpc) is 2.49. The van der Waals surface area contributed by atoms with Crippen molar-refractivity contribution >= 4 is 0 Å². The van der Waals surface area contributed by atoms with Gasteiger partial charge in [0.2, 0.25) is 0 Å². The Labute approximate surface area is 49.7 Å². The van der Waals surface area contributed by atoms with Gasteiger partial charge < -0.3 is 0 Å². The minimum Gasteiger partial charge on any atom is -0.298 e. The molecule has 2 fully saturated rings. The van der Waals surface area contributed by atoms with Gasteiger partial charge in [0.05, 0.1) is 6.67 Å². The van der Waals surface area contributed by atoms with E-state index in [4.69, 9.17) is 0 Å². The normalized spacial score (nSPS) is 38.2. The molecular weight excluding hydrogens is 100 g/mol. The summed E-state index contributed by atoms with van der Waals surface area (Å²) in [7, 11) is 0. The van der Waals surface area contributed by atoms with E-state index in [1.165, 1.54) is 12.8 Å². The van der Waals surface area contributed by atoms with Crippen LogP contribution in [-0.4, -0.2) is 12.6 Å². The molecule has 45 valence electrons. The fourth-order valence-electron chi connectivity index (χ4n) is 1.21. The first-order chi connectivity index (χ1) is 3.97. The van der Waals surface area contributed by atoms with E-state index in [2.05, 4.69) is 10.6 Å². The summed E-state index contributed by atoms with van der Waals surface area (Å²) in [5, 5.41) is 6.44. The summed E-state index contributed by atoms with van der Waals surface area (Å²) < 4.78 is 0. The van der Waals surface area contributed by atoms with Crippen molar-refractivity contribution in [2.24, 2.45) is 5.92 Å². The third-order valence-electron chi connectivity index (χ3n) is 1.93. The van der Waals surface area contributed by atoms with Crippen molar-refractivity contribution in [1.82, 2.24) is 10.6 Å². The molecule has 1 heterocycles. The maximum atomic E-state index is 3.28. The maximum Gasteiger partial charge on any atom is 0.0869 e. The molecule has 1 saturated carbocycles. The average molecular weight is 111 g/mol. The van der Waals surface area contributed by atoms with Crippen molar-refractivity contribution in [3.8, 4) is 0 Å². The third-order valence-corrected chi connectivity index (χ3v) is 1.93. The molecule has 0 aromatic rings. The van der Waals surface area contributed by atoms with Crippen molar-refractivity contribution in [3.63, 3.8) is 0 Å². The van der Waals surface area contributed by atoms with Gasteiger partial charge in [-0.05, 0) is 18.8 Å². The Morgan fingerprint density at radius 2 is 2.25 bits per heavy atom. The van der Waals surface area contributed by atoms with Gasteiger partial charge in [-0.25, -0.2) is 0 Å². The Kier molecular flexibility index (Phi) is 1.02. The molecule has 1 radical (unpaired) electrons. The van der Waals surface area contributed by atoms with E-state index in [-0.39, 0.29) is 0 Å². The zero-order chi connectivity index (χ0) is 5.40. The zero-order valence-electron chi connectivity index (χ0n) is 4.85. The molecule has 1 saturated heterocycles. The molecule has 0 spiro atoms. The standard InChI is InChI=1S/C6H11N2/c1-2-5(1)6-3-7-4-8-6/h4-8H,1-3H2. The van der Waals surface area contributed by atoms with Crippen molar-refractivity contribution in [3.05, 3.63) is 6.67 Å². The molecule has 0 aromatic heterocycles. The highest BCUT2D eigenvalue weighted by molar-refractivity contribution is 4.93. The molecule has 2 rings (SSSR count). The van der Waals surface area contributed by atoms with E-state index in [0.29, 0.717) is 0 Å². The zero-order valence-corrected chi connectivity index (χ0v) is 4.85. The van der Waals surface area contributed by atoms with E-state index >= 15 is 0 Å². The summed E-state index contributed by atoms with van der Waals surface area (Å²) in [6.45, 7) is 3.10. The minimum absolute atomic E-state index is 0.759. The highest BCUT2D eigenvalue weighted by Gasteiger charge is 2.32. The summed E-state index contributed by atoms with van der Waals surface area (Å²) in [5.74, 6) is 0.987. The van der Waals surface area contributed by atoms with Crippen LogP contribution in [0.1, 0.15) is 12.8 Å². The Morgan fingerprint density at radius 1 is 1.38 bits per heavy atom. The molecule has 8 heavy (non-hydrogen) atoms. The van der Waals surface area contributed by atoms with Crippen LogP contribution in [-0.2, 0) is 0 Å². The van der Waals surface area contributed by atoms with E-state index < -0.39 is 0 Å². The van der Waals surface area contributed by atoms with Crippen LogP contribution in [0.25, 0.3) is 0 Å². The van der Waals surface area contributed by atoms with Gasteiger partial charge in [-0.2, -0.15) is 0 Å². The summed E-state index contributed by atoms with van der Waals surface area (Å²) in [6, 6.07) is 0.759. The van der Waals surface area contributed by atoms with Crippen molar-refractivity contribution in [2.45, 2.75) is 18.9 Å². The van der Waals surface area contributed by atoms with E-state index in [0.717, 1.165) is 18.5 Å². The van der Waals surface area contributed by atoms with Crippen molar-refractivity contribution in [1.29, 1.82) is 0 Å². The van der Waals surface area contributed by atoms with Crippen LogP contribution < -0.4 is 10.6 Å². The van der Waals surface area contributed by atoms with E-state index in [9.17, 15) is 0 Å². The van der Waals surface area contributed by atoms with Gasteiger partial charge in [0, 0.05) is 12.6 Å². The van der Waals surface area contributed by atoms with Gasteiger partial charge in [-0.15, -0.1) is 0 Å². The summed E-state index contributed by atoms with van der Waals surface area (Å²) >= 11 is 0. The van der Waals surface area contributed by atoms with Crippen LogP contribution in [0.4, 0.5) is 0 Å². The van der Waals surface area contributed by atoms with Gasteiger partial charge >= 0.3 is 0 Å². The molecule has 0 bridgehead atoms. The van der Waals surface area contributed by atoms with E-state index in [1.807, 2.05) is 6.67 Å². The third kappa shape index (κ3) is 0.740. The van der Waals surface area contributed by atoms with Gasteiger partial charge in [-0.1, -0.05) is 0 Å². The lowest BCUT2D eigenvalue weighted by Gasteiger charge is -2.03. The Hall–Kier alpha value is -0.0800. The van der Waals surface area contributed by atoms with Crippen LogP contribution in [0.5, 0.6) is 0 Å². The predicted molar refractivity (Wildman–Crippen MR) is 32.0 cm³/mol. The summed E-state index contributed by atoms with van der Waals surface area (Å²) in [4.78, 5) is 0. The molecule has 2 heteroatoms. The molecule has 1 aliphatic heterocycles. The fourth-order valence-corrected chi connectivity index (χ4v) is 1.21. The maximum absolute atomic E-state index is 3.28. The second-order valence-corrected chi connectivity index (χ2v) is 2.66. The lowest BCUT2D eigenvalue weighted by atomic mass is 10.2. The predicted octanol–water partition coefficient (Wildman–Crippen LogP) is 0.0771. The first kappa shape index (κ1) is 4.77. The molecule has 2 aliphatic rings. The lowest BCUT2D eigenvalue weighted by molar-refractivity contribution is 0.573. The highest BCUT2D eigenvalue weighted by Crippen LogP contribution is 2.33. The van der Waals surface area contributed by atoms with Crippen molar-refractivity contribution in [2.75, 3.05) is 6.54 Å². The Balaban J connectivity index is 1.86. The minimum atomic E-state index is 0.759. The first-order valence-electron chi connectivity index (χ1n) is 3.28. The first-order valence-corrected chi connectivity index (χ1v) is 3.28. The largest absolute Gasteiger partial charge is 0.298 e. The smallest absolute Gasteiger partial charge is 0.0869 e. The number of rotatable bonds is 1. The second-order valence-electron chi connectivity index (χ2n) is 2.66. The molecule has 1 unspecified atom stereocenters. The van der Waals surface area contributed by atoms with Gasteiger partial charge in [0.25, 0.3) is 0 Å². The topological polar surface area (TPSA) is 24.1 Å². The monoisotopic (exact) mass is 111 g/mol. The molecule has 1 atom stereocenters. The van der Waals surface area contributed by atoms with Crippen molar-refractivity contribution < 1.29 is 0 Å². The number of hydrogen-bond donors (Lipinski definition) is 2. The van der Waals surface area contributed by atoms with Gasteiger partial charge in [0.15, 0.2) is 0 Å². The molecule has 0 aromatic carbocycles. The Morgan fingerprint density at radius 3 is 2.75 bits per heavy atom. The molecule has 2 nitrogen and oxygen atoms in total. The molecule has 2 N–H and O–H groups in total. The van der Waals surface area contributed by atoms with Crippen LogP contribution in [0.2, 0.25) is 0 Å². The number of nitrogens with one attached hydrogen (secondary N) is 2. The van der Waals surface area contributed by atoms with Crippen LogP contribution in [0.15, 0.2) is 0 Å². The lowest BCUT2D eigenvalue weighted by Crippen LogP contribution is -2.24. The van der Waals surface area contributed by atoms with Crippen LogP contribution >= 0.6 is 0 Å². The Bertz CT molecular complexity index is 82.5.